The second-order valence-electron chi connectivity index (χ2n) is 8.24. The van der Waals surface area contributed by atoms with E-state index in [9.17, 15) is 4.79 Å². The molecule has 36 heavy (non-hydrogen) atoms. The molecule has 0 bridgehead atoms. The smallest absolute Gasteiger partial charge is 0.335 e. The molecule has 5 nitrogen and oxygen atoms in total. The molecule has 0 amide bonds. The van der Waals surface area contributed by atoms with Crippen LogP contribution in [0.4, 0.5) is 0 Å². The van der Waals surface area contributed by atoms with E-state index in [2.05, 4.69) is 53.9 Å². The van der Waals surface area contributed by atoms with Crippen LogP contribution in [-0.4, -0.2) is 20.7 Å². The zero-order valence-electron chi connectivity index (χ0n) is 20.0. The van der Waals surface area contributed by atoms with Crippen LogP contribution in [0.1, 0.15) is 30.0 Å². The highest BCUT2D eigenvalue weighted by atomic mass is 16.5. The highest BCUT2D eigenvalue weighted by Gasteiger charge is 2.19. The minimum atomic E-state index is -0.493. The van der Waals surface area contributed by atoms with E-state index in [1.54, 1.807) is 12.4 Å². The van der Waals surface area contributed by atoms with Gasteiger partial charge < -0.3 is 4.74 Å². The van der Waals surface area contributed by atoms with Gasteiger partial charge >= 0.3 is 5.97 Å². The van der Waals surface area contributed by atoms with Crippen molar-refractivity contribution in [1.82, 2.24) is 14.8 Å². The lowest BCUT2D eigenvalue weighted by atomic mass is 9.87. The van der Waals surface area contributed by atoms with Gasteiger partial charge in [0.25, 0.3) is 0 Å². The van der Waals surface area contributed by atoms with Gasteiger partial charge in [0, 0.05) is 23.2 Å². The number of esters is 1. The third-order valence-electron chi connectivity index (χ3n) is 6.06. The summed E-state index contributed by atoms with van der Waals surface area (Å²) in [6.45, 7) is 5.69. The van der Waals surface area contributed by atoms with Gasteiger partial charge in [-0.25, -0.2) is 9.48 Å². The number of hydrogen-bond acceptors (Lipinski definition) is 4. The Balaban J connectivity index is 1.74. The predicted molar refractivity (Wildman–Crippen MR) is 144 cm³/mol. The van der Waals surface area contributed by atoms with Gasteiger partial charge in [-0.2, -0.15) is 5.10 Å². The first-order valence-corrected chi connectivity index (χ1v) is 11.8. The number of aromatic nitrogens is 3. The molecule has 5 aromatic rings. The Kier molecular flexibility index (Phi) is 6.54. The van der Waals surface area contributed by atoms with Gasteiger partial charge in [0.2, 0.25) is 0 Å². The summed E-state index contributed by atoms with van der Waals surface area (Å²) in [6.07, 6.45) is 7.37. The zero-order valence-corrected chi connectivity index (χ0v) is 20.0. The number of nitrogens with zero attached hydrogens (tertiary/aromatic N) is 3. The first-order valence-electron chi connectivity index (χ1n) is 11.8. The molecule has 0 aliphatic rings. The van der Waals surface area contributed by atoms with E-state index in [1.165, 1.54) is 6.08 Å². The normalized spacial score (nSPS) is 11.7. The van der Waals surface area contributed by atoms with Crippen molar-refractivity contribution in [3.8, 4) is 11.4 Å². The molecule has 3 aromatic carbocycles. The summed E-state index contributed by atoms with van der Waals surface area (Å²) in [5.41, 5.74) is 7.00. The maximum Gasteiger partial charge on any atom is 0.335 e. The minimum absolute atomic E-state index is 0.491. The van der Waals surface area contributed by atoms with E-state index >= 15 is 0 Å². The quantitative estimate of drug-likeness (QED) is 0.112. The van der Waals surface area contributed by atoms with E-state index in [4.69, 9.17) is 4.74 Å². The summed E-state index contributed by atoms with van der Waals surface area (Å²) < 4.78 is 7.54. The Morgan fingerprint density at radius 1 is 0.944 bits per heavy atom. The van der Waals surface area contributed by atoms with Crippen molar-refractivity contribution in [2.45, 2.75) is 13.3 Å². The molecule has 0 aliphatic heterocycles. The van der Waals surface area contributed by atoms with Crippen molar-refractivity contribution in [3.05, 3.63) is 133 Å². The fourth-order valence-electron chi connectivity index (χ4n) is 4.44. The summed E-state index contributed by atoms with van der Waals surface area (Å²) in [5, 5.41) is 5.61. The number of pyridine rings is 1. The molecule has 0 spiro atoms. The summed E-state index contributed by atoms with van der Waals surface area (Å²) >= 11 is 0. The molecule has 2 aromatic heterocycles. The van der Waals surface area contributed by atoms with Crippen molar-refractivity contribution in [3.63, 3.8) is 0 Å². The van der Waals surface area contributed by atoms with Crippen LogP contribution in [0.25, 0.3) is 27.7 Å². The number of carbonyl (C=O) groups excluding carboxylic acids is 1. The van der Waals surface area contributed by atoms with Crippen LogP contribution in [0.2, 0.25) is 0 Å². The van der Waals surface area contributed by atoms with Gasteiger partial charge in [-0.05, 0) is 59.0 Å². The largest absolute Gasteiger partial charge is 0.423 e. The molecule has 0 unspecified atom stereocenters. The molecular formula is C31H25N3O2. The van der Waals surface area contributed by atoms with Crippen LogP contribution in [0, 0.1) is 0 Å². The molecule has 176 valence electrons. The monoisotopic (exact) mass is 471 g/mol. The fourth-order valence-corrected chi connectivity index (χ4v) is 4.44. The number of ether oxygens (including phenoxy) is 1. The molecule has 0 saturated heterocycles. The number of para-hydroxylation sites is 1. The molecule has 2 heterocycles. The van der Waals surface area contributed by atoms with Gasteiger partial charge in [0.05, 0.1) is 23.6 Å². The molecule has 0 atom stereocenters. The van der Waals surface area contributed by atoms with E-state index in [-0.39, 0.29) is 0 Å². The molecule has 0 saturated carbocycles. The van der Waals surface area contributed by atoms with Crippen molar-refractivity contribution in [1.29, 1.82) is 0 Å². The number of hydrogen-bond donors (Lipinski definition) is 0. The lowest BCUT2D eigenvalue weighted by Gasteiger charge is -2.19. The molecule has 0 fully saturated rings. The Labute approximate surface area is 210 Å². The first-order chi connectivity index (χ1) is 17.7. The number of benzene rings is 3. The Bertz CT molecular complexity index is 1570. The third kappa shape index (κ3) is 4.46. The molecular weight excluding hydrogens is 446 g/mol. The summed E-state index contributed by atoms with van der Waals surface area (Å²) in [6, 6.07) is 28.1. The number of rotatable bonds is 7. The maximum absolute atomic E-state index is 12.1. The van der Waals surface area contributed by atoms with E-state index in [1.807, 2.05) is 65.5 Å². The Morgan fingerprint density at radius 3 is 2.50 bits per heavy atom. The predicted octanol–water partition coefficient (Wildman–Crippen LogP) is 6.88. The van der Waals surface area contributed by atoms with Crippen LogP contribution in [0.5, 0.6) is 5.75 Å². The van der Waals surface area contributed by atoms with Crippen LogP contribution in [-0.2, 0) is 4.79 Å². The topological polar surface area (TPSA) is 57.0 Å². The first kappa shape index (κ1) is 23.0. The molecule has 0 N–H and O–H groups in total. The highest BCUT2D eigenvalue weighted by molar-refractivity contribution is 6.02. The molecule has 5 heteroatoms. The highest BCUT2D eigenvalue weighted by Crippen LogP contribution is 2.39. The Morgan fingerprint density at radius 2 is 1.75 bits per heavy atom. The SMILES string of the molecule is C=CC(=O)Oc1ccccc1/C(=C(\CC)c1ccccc1)c1ccc2c(cnn2-c2cccnc2)c1. The van der Waals surface area contributed by atoms with E-state index in [0.717, 1.165) is 50.8 Å². The van der Waals surface area contributed by atoms with Crippen LogP contribution < -0.4 is 4.74 Å². The van der Waals surface area contributed by atoms with Crippen molar-refractivity contribution in [2.24, 2.45) is 0 Å². The van der Waals surface area contributed by atoms with E-state index in [0.29, 0.717) is 5.75 Å². The van der Waals surface area contributed by atoms with Gasteiger partial charge in [0.1, 0.15) is 5.75 Å². The number of carbonyl (C=O) groups is 1. The van der Waals surface area contributed by atoms with Crippen LogP contribution in [0.15, 0.2) is 116 Å². The van der Waals surface area contributed by atoms with Gasteiger partial charge in [-0.3, -0.25) is 4.98 Å². The Hall–Kier alpha value is -4.77. The molecule has 5 rings (SSSR count). The van der Waals surface area contributed by atoms with Crippen molar-refractivity contribution < 1.29 is 9.53 Å². The number of fused-ring (bicyclic) bond motifs is 1. The standard InChI is InChI=1S/C31H25N3O2/c1-3-26(22-11-6-5-7-12-22)31(27-14-8-9-15-29(27)36-30(35)4-2)23-16-17-28-24(19-23)20-33-34(28)25-13-10-18-32-21-25/h4-21H,2-3H2,1H3/b31-26+. The van der Waals surface area contributed by atoms with Gasteiger partial charge in [0.15, 0.2) is 0 Å². The molecule has 0 radical (unpaired) electrons. The summed E-state index contributed by atoms with van der Waals surface area (Å²) in [4.78, 5) is 16.4. The lowest BCUT2D eigenvalue weighted by Crippen LogP contribution is -2.06. The number of allylic oxidation sites excluding steroid dienone is 1. The second-order valence-corrected chi connectivity index (χ2v) is 8.24. The third-order valence-corrected chi connectivity index (χ3v) is 6.06. The maximum atomic E-state index is 12.1. The van der Waals surface area contributed by atoms with E-state index < -0.39 is 5.97 Å². The van der Waals surface area contributed by atoms with Crippen LogP contribution in [0.3, 0.4) is 0 Å². The zero-order chi connectivity index (χ0) is 24.9. The summed E-state index contributed by atoms with van der Waals surface area (Å²) in [5.74, 6) is -0.00167. The minimum Gasteiger partial charge on any atom is -0.423 e. The van der Waals surface area contributed by atoms with Crippen molar-refractivity contribution in [2.75, 3.05) is 0 Å². The lowest BCUT2D eigenvalue weighted by molar-refractivity contribution is -0.128. The average Bonchev–Trinajstić information content (AvgIpc) is 3.36. The average molecular weight is 472 g/mol. The van der Waals surface area contributed by atoms with Crippen LogP contribution >= 0.6 is 0 Å². The fraction of sp³-hybridized carbons (Fsp3) is 0.0645. The van der Waals surface area contributed by atoms with Gasteiger partial charge in [-0.1, -0.05) is 68.1 Å². The van der Waals surface area contributed by atoms with Crippen molar-refractivity contribution >= 4 is 28.0 Å². The van der Waals surface area contributed by atoms with Gasteiger partial charge in [-0.15, -0.1) is 0 Å². The molecule has 0 aliphatic carbocycles. The summed E-state index contributed by atoms with van der Waals surface area (Å²) in [7, 11) is 0. The second kappa shape index (κ2) is 10.2.